The number of aromatic nitrogens is 1. The minimum atomic E-state index is -0.223. The molecule has 0 radical (unpaired) electrons. The van der Waals surface area contributed by atoms with Gasteiger partial charge in [0.1, 0.15) is 12.4 Å². The quantitative estimate of drug-likeness (QED) is 0.603. The second kappa shape index (κ2) is 11.2. The Bertz CT molecular complexity index is 843. The van der Waals surface area contributed by atoms with Crippen molar-refractivity contribution in [3.63, 3.8) is 0 Å². The maximum atomic E-state index is 13.0. The van der Waals surface area contributed by atoms with Crippen LogP contribution in [-0.2, 0) is 11.4 Å². The molecule has 2 amide bonds. The number of nitrogens with zero attached hydrogens (tertiary/aromatic N) is 2. The maximum absolute atomic E-state index is 13.0. The number of amides is 2. The van der Waals surface area contributed by atoms with Gasteiger partial charge in [0.05, 0.1) is 24.9 Å². The summed E-state index contributed by atoms with van der Waals surface area (Å²) >= 11 is 0. The first-order valence-electron chi connectivity index (χ1n) is 10.2. The van der Waals surface area contributed by atoms with Crippen molar-refractivity contribution in [2.24, 2.45) is 0 Å². The first-order valence-corrected chi connectivity index (χ1v) is 10.2. The van der Waals surface area contributed by atoms with Crippen LogP contribution < -0.4 is 14.8 Å². The van der Waals surface area contributed by atoms with Gasteiger partial charge in [0.15, 0.2) is 11.5 Å². The molecule has 30 heavy (non-hydrogen) atoms. The molecule has 0 aliphatic carbocycles. The fraction of sp³-hybridized carbons (Fsp3) is 0.500. The van der Waals surface area contributed by atoms with Gasteiger partial charge in [-0.1, -0.05) is 19.0 Å². The van der Waals surface area contributed by atoms with Crippen LogP contribution >= 0.6 is 0 Å². The minimum absolute atomic E-state index is 0.0271. The Hall–Kier alpha value is -3.03. The highest BCUT2D eigenvalue weighted by molar-refractivity contribution is 5.97. The minimum Gasteiger partial charge on any atom is -0.493 e. The lowest BCUT2D eigenvalue weighted by molar-refractivity contribution is -0.121. The lowest BCUT2D eigenvalue weighted by Gasteiger charge is -2.22. The molecule has 0 atom stereocenters. The van der Waals surface area contributed by atoms with Gasteiger partial charge in [0.2, 0.25) is 5.91 Å². The Morgan fingerprint density at radius 1 is 1.17 bits per heavy atom. The molecule has 2 aromatic rings. The topological polar surface area (TPSA) is 93.9 Å². The second-order valence-electron chi connectivity index (χ2n) is 7.03. The van der Waals surface area contributed by atoms with Gasteiger partial charge >= 0.3 is 0 Å². The number of nitrogens with one attached hydrogen (secondary N) is 1. The lowest BCUT2D eigenvalue weighted by Crippen LogP contribution is -2.41. The van der Waals surface area contributed by atoms with Crippen LogP contribution in [0, 0.1) is 13.8 Å². The smallest absolute Gasteiger partial charge is 0.254 e. The fourth-order valence-electron chi connectivity index (χ4n) is 2.98. The van der Waals surface area contributed by atoms with E-state index in [9.17, 15) is 9.59 Å². The summed E-state index contributed by atoms with van der Waals surface area (Å²) in [5.41, 5.74) is 2.09. The number of methoxy groups -OCH3 is 1. The van der Waals surface area contributed by atoms with Gasteiger partial charge in [-0.2, -0.15) is 0 Å². The molecule has 1 heterocycles. The summed E-state index contributed by atoms with van der Waals surface area (Å²) in [5.74, 6) is 1.27. The third-order valence-corrected chi connectivity index (χ3v) is 4.65. The van der Waals surface area contributed by atoms with Crippen LogP contribution in [0.5, 0.6) is 11.5 Å². The average molecular weight is 418 g/mol. The standard InChI is InChI=1S/C22H31N3O5/c1-6-10-23-21(26)13-25(11-7-2)22(27)17-8-9-19(20(12-17)28-5)29-14-18-15(3)24-30-16(18)4/h8-9,12H,6-7,10-11,13-14H2,1-5H3,(H,23,26). The van der Waals surface area contributed by atoms with E-state index in [2.05, 4.69) is 10.5 Å². The van der Waals surface area contributed by atoms with Gasteiger partial charge < -0.3 is 24.2 Å². The summed E-state index contributed by atoms with van der Waals surface area (Å²) < 4.78 is 16.5. The molecule has 0 bridgehead atoms. The molecule has 0 aliphatic heterocycles. The third-order valence-electron chi connectivity index (χ3n) is 4.65. The van der Waals surface area contributed by atoms with E-state index < -0.39 is 0 Å². The molecule has 0 saturated carbocycles. The first-order chi connectivity index (χ1) is 14.4. The Kier molecular flexibility index (Phi) is 8.70. The van der Waals surface area contributed by atoms with E-state index in [0.717, 1.165) is 24.1 Å². The molecule has 164 valence electrons. The number of carbonyl (C=O) groups is 2. The number of ether oxygens (including phenoxy) is 2. The molecule has 1 aromatic carbocycles. The van der Waals surface area contributed by atoms with Crippen LogP contribution in [0.2, 0.25) is 0 Å². The molecule has 1 aromatic heterocycles. The monoisotopic (exact) mass is 417 g/mol. The molecule has 0 spiro atoms. The number of rotatable bonds is 11. The summed E-state index contributed by atoms with van der Waals surface area (Å²) in [7, 11) is 1.52. The van der Waals surface area contributed by atoms with E-state index in [4.69, 9.17) is 14.0 Å². The Morgan fingerprint density at radius 3 is 2.53 bits per heavy atom. The molecule has 1 N–H and O–H groups in total. The van der Waals surface area contributed by atoms with Crippen LogP contribution in [0.3, 0.4) is 0 Å². The first kappa shape index (κ1) is 23.3. The van der Waals surface area contributed by atoms with Crippen molar-refractivity contribution in [3.05, 3.63) is 40.8 Å². The van der Waals surface area contributed by atoms with Gasteiger partial charge in [0, 0.05) is 18.7 Å². The third kappa shape index (κ3) is 5.98. The van der Waals surface area contributed by atoms with Crippen LogP contribution in [0.15, 0.2) is 22.7 Å². The zero-order chi connectivity index (χ0) is 22.1. The summed E-state index contributed by atoms with van der Waals surface area (Å²) in [6, 6.07) is 5.02. The predicted molar refractivity (Wildman–Crippen MR) is 113 cm³/mol. The van der Waals surface area contributed by atoms with Crippen LogP contribution in [0.25, 0.3) is 0 Å². The largest absolute Gasteiger partial charge is 0.493 e. The second-order valence-corrected chi connectivity index (χ2v) is 7.03. The molecule has 0 fully saturated rings. The Morgan fingerprint density at radius 2 is 1.93 bits per heavy atom. The van der Waals surface area contributed by atoms with Gasteiger partial charge in [-0.15, -0.1) is 0 Å². The summed E-state index contributed by atoms with van der Waals surface area (Å²) in [5, 5.41) is 6.73. The highest BCUT2D eigenvalue weighted by atomic mass is 16.5. The van der Waals surface area contributed by atoms with Gasteiger partial charge in [-0.25, -0.2) is 0 Å². The van der Waals surface area contributed by atoms with Crippen molar-refractivity contribution in [1.82, 2.24) is 15.4 Å². The molecule has 0 aliphatic rings. The van der Waals surface area contributed by atoms with Crippen molar-refractivity contribution >= 4 is 11.8 Å². The molecule has 0 unspecified atom stereocenters. The molecule has 2 rings (SSSR count). The molecule has 0 saturated heterocycles. The predicted octanol–water partition coefficient (Wildman–Crippen LogP) is 3.26. The molecular formula is C22H31N3O5. The number of benzene rings is 1. The number of hydrogen-bond donors (Lipinski definition) is 1. The summed E-state index contributed by atoms with van der Waals surface area (Å²) in [6.45, 7) is 9.03. The van der Waals surface area contributed by atoms with E-state index in [1.807, 2.05) is 27.7 Å². The van der Waals surface area contributed by atoms with Crippen LogP contribution in [-0.4, -0.2) is 48.6 Å². The number of carbonyl (C=O) groups excluding carboxylic acids is 2. The van der Waals surface area contributed by atoms with Gasteiger partial charge in [-0.05, 0) is 44.9 Å². The van der Waals surface area contributed by atoms with Crippen LogP contribution in [0.4, 0.5) is 0 Å². The van der Waals surface area contributed by atoms with E-state index in [1.54, 1.807) is 23.1 Å². The number of aryl methyl sites for hydroxylation is 2. The van der Waals surface area contributed by atoms with Crippen molar-refractivity contribution in [2.75, 3.05) is 26.7 Å². The highest BCUT2D eigenvalue weighted by Crippen LogP contribution is 2.30. The van der Waals surface area contributed by atoms with Crippen molar-refractivity contribution < 1.29 is 23.6 Å². The number of hydrogen-bond acceptors (Lipinski definition) is 6. The van der Waals surface area contributed by atoms with Crippen molar-refractivity contribution in [1.29, 1.82) is 0 Å². The van der Waals surface area contributed by atoms with Crippen molar-refractivity contribution in [2.45, 2.75) is 47.1 Å². The average Bonchev–Trinajstić information content (AvgIpc) is 3.07. The zero-order valence-electron chi connectivity index (χ0n) is 18.4. The molecule has 8 heteroatoms. The normalized spacial score (nSPS) is 10.6. The van der Waals surface area contributed by atoms with E-state index in [-0.39, 0.29) is 25.0 Å². The summed E-state index contributed by atoms with van der Waals surface area (Å²) in [4.78, 5) is 26.6. The molecule has 8 nitrogen and oxygen atoms in total. The van der Waals surface area contributed by atoms with E-state index >= 15 is 0 Å². The highest BCUT2D eigenvalue weighted by Gasteiger charge is 2.20. The van der Waals surface area contributed by atoms with Crippen LogP contribution in [0.1, 0.15) is 54.1 Å². The van der Waals surface area contributed by atoms with Gasteiger partial charge in [-0.3, -0.25) is 9.59 Å². The Balaban J connectivity index is 2.14. The van der Waals surface area contributed by atoms with Crippen molar-refractivity contribution in [3.8, 4) is 11.5 Å². The lowest BCUT2D eigenvalue weighted by atomic mass is 10.1. The molecular weight excluding hydrogens is 386 g/mol. The Labute approximate surface area is 177 Å². The maximum Gasteiger partial charge on any atom is 0.254 e. The zero-order valence-corrected chi connectivity index (χ0v) is 18.4. The fourth-order valence-corrected chi connectivity index (χ4v) is 2.98. The summed E-state index contributed by atoms with van der Waals surface area (Å²) in [6.07, 6.45) is 1.60. The van der Waals surface area contributed by atoms with E-state index in [0.29, 0.717) is 35.9 Å². The van der Waals surface area contributed by atoms with Gasteiger partial charge in [0.25, 0.3) is 5.91 Å². The van der Waals surface area contributed by atoms with E-state index in [1.165, 1.54) is 7.11 Å². The SMILES string of the molecule is CCCNC(=O)CN(CCC)C(=O)c1ccc(OCc2c(C)noc2C)c(OC)c1.